The van der Waals surface area contributed by atoms with Gasteiger partial charge in [-0.25, -0.2) is 4.68 Å². The first-order valence-corrected chi connectivity index (χ1v) is 11.5. The standard InChI is InChI=1S/C25H31N3O3/c1-16-24(17(2)28(27-16)21-6-4-3-5-7-21)26-22(29)15-31-23(30)14-25-11-18-8-19(12-25)10-20(9-18)13-25/h3-7,18-20H,8-15H2,1-2H3,(H,26,29). The minimum Gasteiger partial charge on any atom is -0.456 e. The van der Waals surface area contributed by atoms with E-state index in [-0.39, 0.29) is 23.9 Å². The van der Waals surface area contributed by atoms with Crippen molar-refractivity contribution in [3.63, 3.8) is 0 Å². The third-order valence-corrected chi connectivity index (χ3v) is 7.61. The predicted octanol–water partition coefficient (Wildman–Crippen LogP) is 4.58. The van der Waals surface area contributed by atoms with Gasteiger partial charge >= 0.3 is 5.97 Å². The molecule has 0 spiro atoms. The maximum atomic E-state index is 12.6. The van der Waals surface area contributed by atoms with Crippen LogP contribution in [-0.4, -0.2) is 28.3 Å². The fraction of sp³-hybridized carbons (Fsp3) is 0.560. The van der Waals surface area contributed by atoms with Gasteiger partial charge in [-0.05, 0) is 87.7 Å². The SMILES string of the molecule is Cc1nn(-c2ccccc2)c(C)c1NC(=O)COC(=O)CC12CC3CC(CC(C3)C1)C2. The lowest BCUT2D eigenvalue weighted by Gasteiger charge is -2.56. The topological polar surface area (TPSA) is 73.2 Å². The average Bonchev–Trinajstić information content (AvgIpc) is 3.00. The van der Waals surface area contributed by atoms with Crippen molar-refractivity contribution in [1.29, 1.82) is 0 Å². The molecule has 0 unspecified atom stereocenters. The van der Waals surface area contributed by atoms with Crippen LogP contribution in [0.15, 0.2) is 30.3 Å². The molecule has 1 aromatic carbocycles. The summed E-state index contributed by atoms with van der Waals surface area (Å²) < 4.78 is 7.22. The van der Waals surface area contributed by atoms with Crippen LogP contribution in [-0.2, 0) is 14.3 Å². The lowest BCUT2D eigenvalue weighted by molar-refractivity contribution is -0.154. The van der Waals surface area contributed by atoms with Crippen LogP contribution in [0, 0.1) is 37.0 Å². The van der Waals surface area contributed by atoms with Gasteiger partial charge in [-0.3, -0.25) is 9.59 Å². The first-order chi connectivity index (χ1) is 14.9. The van der Waals surface area contributed by atoms with Crippen molar-refractivity contribution in [3.05, 3.63) is 41.7 Å². The number of hydrogen-bond acceptors (Lipinski definition) is 4. The van der Waals surface area contributed by atoms with E-state index < -0.39 is 0 Å². The second-order valence-corrected chi connectivity index (χ2v) is 10.1. The molecule has 6 rings (SSSR count). The Balaban J connectivity index is 1.17. The number of aryl methyl sites for hydroxylation is 1. The number of carbonyl (C=O) groups is 2. The highest BCUT2D eigenvalue weighted by Crippen LogP contribution is 2.61. The molecule has 1 aromatic heterocycles. The molecule has 1 amide bonds. The Morgan fingerprint density at radius 1 is 1.06 bits per heavy atom. The predicted molar refractivity (Wildman–Crippen MR) is 118 cm³/mol. The highest BCUT2D eigenvalue weighted by molar-refractivity contribution is 5.94. The van der Waals surface area contributed by atoms with E-state index in [1.807, 2.05) is 48.9 Å². The lowest BCUT2D eigenvalue weighted by Crippen LogP contribution is -2.47. The van der Waals surface area contributed by atoms with Gasteiger partial charge in [0.05, 0.1) is 29.2 Å². The Morgan fingerprint density at radius 2 is 1.68 bits per heavy atom. The molecule has 4 aliphatic rings. The Labute approximate surface area is 183 Å². The van der Waals surface area contributed by atoms with Crippen molar-refractivity contribution >= 4 is 17.6 Å². The van der Waals surface area contributed by atoms with Crippen LogP contribution in [0.1, 0.15) is 56.3 Å². The van der Waals surface area contributed by atoms with E-state index in [0.29, 0.717) is 12.1 Å². The molecular weight excluding hydrogens is 390 g/mol. The van der Waals surface area contributed by atoms with Crippen LogP contribution in [0.4, 0.5) is 5.69 Å². The number of para-hydroxylation sites is 1. The molecule has 6 heteroatoms. The summed E-state index contributed by atoms with van der Waals surface area (Å²) in [6.45, 7) is 3.53. The second-order valence-electron chi connectivity index (χ2n) is 10.1. The number of amides is 1. The van der Waals surface area contributed by atoms with Crippen LogP contribution in [0.5, 0.6) is 0 Å². The van der Waals surface area contributed by atoms with E-state index in [4.69, 9.17) is 4.74 Å². The highest BCUT2D eigenvalue weighted by Gasteiger charge is 2.51. The van der Waals surface area contributed by atoms with Gasteiger partial charge in [-0.1, -0.05) is 18.2 Å². The van der Waals surface area contributed by atoms with Gasteiger partial charge in [-0.2, -0.15) is 5.10 Å². The number of aromatic nitrogens is 2. The van der Waals surface area contributed by atoms with Crippen LogP contribution >= 0.6 is 0 Å². The number of esters is 1. The van der Waals surface area contributed by atoms with Crippen molar-refractivity contribution in [1.82, 2.24) is 9.78 Å². The van der Waals surface area contributed by atoms with Gasteiger partial charge < -0.3 is 10.1 Å². The van der Waals surface area contributed by atoms with Crippen molar-refractivity contribution in [2.75, 3.05) is 11.9 Å². The van der Waals surface area contributed by atoms with Crippen LogP contribution in [0.25, 0.3) is 5.69 Å². The molecular formula is C25H31N3O3. The van der Waals surface area contributed by atoms with Gasteiger partial charge in [-0.15, -0.1) is 0 Å². The van der Waals surface area contributed by atoms with Crippen LogP contribution < -0.4 is 5.32 Å². The molecule has 4 fully saturated rings. The molecule has 31 heavy (non-hydrogen) atoms. The summed E-state index contributed by atoms with van der Waals surface area (Å²) in [7, 11) is 0. The first kappa shape index (κ1) is 20.3. The zero-order valence-electron chi connectivity index (χ0n) is 18.4. The number of benzene rings is 1. The monoisotopic (exact) mass is 421 g/mol. The van der Waals surface area contributed by atoms with E-state index in [1.54, 1.807) is 0 Å². The van der Waals surface area contributed by atoms with E-state index in [2.05, 4.69) is 10.4 Å². The van der Waals surface area contributed by atoms with Crippen LogP contribution in [0.2, 0.25) is 0 Å². The summed E-state index contributed by atoms with van der Waals surface area (Å²) in [4.78, 5) is 25.1. The van der Waals surface area contributed by atoms with Crippen molar-refractivity contribution in [2.24, 2.45) is 23.2 Å². The average molecular weight is 422 g/mol. The van der Waals surface area contributed by atoms with Gasteiger partial charge in [0.2, 0.25) is 0 Å². The quantitative estimate of drug-likeness (QED) is 0.693. The molecule has 164 valence electrons. The fourth-order valence-corrected chi connectivity index (χ4v) is 6.83. The zero-order chi connectivity index (χ0) is 21.6. The van der Waals surface area contributed by atoms with E-state index in [1.165, 1.54) is 38.5 Å². The van der Waals surface area contributed by atoms with Crippen molar-refractivity contribution in [3.8, 4) is 5.69 Å². The third-order valence-electron chi connectivity index (χ3n) is 7.61. The maximum Gasteiger partial charge on any atom is 0.306 e. The number of ether oxygens (including phenoxy) is 1. The summed E-state index contributed by atoms with van der Waals surface area (Å²) in [5, 5.41) is 7.43. The van der Waals surface area contributed by atoms with Gasteiger partial charge in [0, 0.05) is 0 Å². The second kappa shape index (κ2) is 7.81. The van der Waals surface area contributed by atoms with Crippen molar-refractivity contribution in [2.45, 2.75) is 58.8 Å². The maximum absolute atomic E-state index is 12.6. The molecule has 6 nitrogen and oxygen atoms in total. The first-order valence-electron chi connectivity index (χ1n) is 11.5. The summed E-state index contributed by atoms with van der Waals surface area (Å²) in [5.41, 5.74) is 3.31. The number of anilines is 1. The van der Waals surface area contributed by atoms with Gasteiger partial charge in [0.15, 0.2) is 6.61 Å². The minimum absolute atomic E-state index is 0.131. The molecule has 2 aromatic rings. The number of rotatable bonds is 6. The van der Waals surface area contributed by atoms with E-state index >= 15 is 0 Å². The number of hydrogen-bond donors (Lipinski definition) is 1. The van der Waals surface area contributed by atoms with Crippen molar-refractivity contribution < 1.29 is 14.3 Å². The third kappa shape index (κ3) is 4.00. The van der Waals surface area contributed by atoms with Gasteiger partial charge in [0.25, 0.3) is 5.91 Å². The Kier molecular flexibility index (Phi) is 5.11. The molecule has 4 bridgehead atoms. The molecule has 1 N–H and O–H groups in total. The minimum atomic E-state index is -0.322. The Morgan fingerprint density at radius 3 is 2.29 bits per heavy atom. The summed E-state index contributed by atoms with van der Waals surface area (Å²) in [5.74, 6) is 1.85. The normalized spacial score (nSPS) is 28.5. The smallest absolute Gasteiger partial charge is 0.306 e. The summed E-state index contributed by atoms with van der Waals surface area (Å²) >= 11 is 0. The van der Waals surface area contributed by atoms with Crippen LogP contribution in [0.3, 0.4) is 0 Å². The summed E-state index contributed by atoms with van der Waals surface area (Å²) in [6, 6.07) is 9.80. The van der Waals surface area contributed by atoms with E-state index in [9.17, 15) is 9.59 Å². The Bertz CT molecular complexity index is 960. The number of nitrogens with one attached hydrogen (secondary N) is 1. The number of nitrogens with zero attached hydrogens (tertiary/aromatic N) is 2. The molecule has 4 aliphatic carbocycles. The molecule has 1 heterocycles. The molecule has 4 saturated carbocycles. The Hall–Kier alpha value is -2.63. The molecule has 0 aliphatic heterocycles. The molecule has 0 atom stereocenters. The zero-order valence-corrected chi connectivity index (χ0v) is 18.4. The lowest BCUT2D eigenvalue weighted by atomic mass is 9.49. The largest absolute Gasteiger partial charge is 0.456 e. The summed E-state index contributed by atoms with van der Waals surface area (Å²) in [6.07, 6.45) is 8.02. The molecule has 0 radical (unpaired) electrons. The number of carbonyl (C=O) groups excluding carboxylic acids is 2. The highest BCUT2D eigenvalue weighted by atomic mass is 16.5. The van der Waals surface area contributed by atoms with Gasteiger partial charge in [0.1, 0.15) is 0 Å². The van der Waals surface area contributed by atoms with E-state index in [0.717, 1.165) is 34.8 Å². The molecule has 0 saturated heterocycles. The fourth-order valence-electron chi connectivity index (χ4n) is 6.83.